The zero-order valence-electron chi connectivity index (χ0n) is 8.55. The summed E-state index contributed by atoms with van der Waals surface area (Å²) in [6.45, 7) is 5.57. The van der Waals surface area contributed by atoms with Crippen molar-refractivity contribution in [2.75, 3.05) is 6.54 Å². The number of nitrogens with zero attached hydrogens (tertiary/aromatic N) is 1. The van der Waals surface area contributed by atoms with Crippen molar-refractivity contribution in [2.45, 2.75) is 20.4 Å². The standard InChI is InChI=1S/C11H15ClN2/c1-9(6-12)7-13-8-11-5-3-4-10(2)14-11/h3-6,13H,7-8H2,1-2H3/b9-6-. The van der Waals surface area contributed by atoms with E-state index in [0.29, 0.717) is 0 Å². The van der Waals surface area contributed by atoms with E-state index in [2.05, 4.69) is 10.3 Å². The van der Waals surface area contributed by atoms with Crippen LogP contribution in [0.15, 0.2) is 29.3 Å². The molecule has 0 aliphatic heterocycles. The van der Waals surface area contributed by atoms with Crippen LogP contribution in [0.25, 0.3) is 0 Å². The van der Waals surface area contributed by atoms with Crippen molar-refractivity contribution in [3.8, 4) is 0 Å². The molecule has 1 heterocycles. The van der Waals surface area contributed by atoms with Gasteiger partial charge in [-0.1, -0.05) is 17.7 Å². The minimum atomic E-state index is 0.781. The van der Waals surface area contributed by atoms with Gasteiger partial charge in [-0.2, -0.15) is 0 Å². The number of halogens is 1. The molecule has 0 radical (unpaired) electrons. The minimum Gasteiger partial charge on any atom is -0.307 e. The average molecular weight is 211 g/mol. The molecule has 0 saturated carbocycles. The van der Waals surface area contributed by atoms with Crippen molar-refractivity contribution in [1.82, 2.24) is 10.3 Å². The molecule has 0 amide bonds. The molecule has 3 heteroatoms. The molecular formula is C11H15ClN2. The first kappa shape index (κ1) is 11.2. The van der Waals surface area contributed by atoms with Gasteiger partial charge in [-0.3, -0.25) is 4.98 Å². The highest BCUT2D eigenvalue weighted by molar-refractivity contribution is 6.25. The summed E-state index contributed by atoms with van der Waals surface area (Å²) in [4.78, 5) is 4.38. The lowest BCUT2D eigenvalue weighted by atomic mass is 10.3. The van der Waals surface area contributed by atoms with E-state index in [9.17, 15) is 0 Å². The van der Waals surface area contributed by atoms with Gasteiger partial charge < -0.3 is 5.32 Å². The van der Waals surface area contributed by atoms with Gasteiger partial charge in [0, 0.05) is 24.3 Å². The summed E-state index contributed by atoms with van der Waals surface area (Å²) in [6.07, 6.45) is 0. The van der Waals surface area contributed by atoms with Gasteiger partial charge in [0.1, 0.15) is 0 Å². The molecule has 0 saturated heterocycles. The summed E-state index contributed by atoms with van der Waals surface area (Å²) in [5, 5.41) is 3.26. The second-order valence-electron chi connectivity index (χ2n) is 3.33. The molecule has 0 aliphatic rings. The lowest BCUT2D eigenvalue weighted by molar-refractivity contribution is 0.721. The molecule has 0 spiro atoms. The maximum absolute atomic E-state index is 5.54. The van der Waals surface area contributed by atoms with E-state index in [1.54, 1.807) is 5.54 Å². The molecule has 1 aromatic heterocycles. The molecule has 1 N–H and O–H groups in total. The van der Waals surface area contributed by atoms with Crippen LogP contribution < -0.4 is 5.32 Å². The Morgan fingerprint density at radius 1 is 1.57 bits per heavy atom. The third-order valence-corrected chi connectivity index (χ3v) is 2.21. The largest absolute Gasteiger partial charge is 0.307 e. The second kappa shape index (κ2) is 5.78. The monoisotopic (exact) mass is 210 g/mol. The molecule has 2 nitrogen and oxygen atoms in total. The summed E-state index contributed by atoms with van der Waals surface area (Å²) in [5.41, 5.74) is 4.83. The van der Waals surface area contributed by atoms with Gasteiger partial charge in [0.15, 0.2) is 0 Å². The van der Waals surface area contributed by atoms with Gasteiger partial charge in [0.05, 0.1) is 5.69 Å². The summed E-state index contributed by atoms with van der Waals surface area (Å²) in [6, 6.07) is 6.02. The van der Waals surface area contributed by atoms with E-state index in [4.69, 9.17) is 11.6 Å². The molecule has 0 fully saturated rings. The zero-order valence-corrected chi connectivity index (χ0v) is 9.30. The first-order valence-electron chi connectivity index (χ1n) is 4.61. The van der Waals surface area contributed by atoms with E-state index in [1.807, 2.05) is 32.0 Å². The van der Waals surface area contributed by atoms with E-state index >= 15 is 0 Å². The number of aryl methyl sites for hydroxylation is 1. The van der Waals surface area contributed by atoms with Crippen LogP contribution in [0, 0.1) is 6.92 Å². The highest BCUT2D eigenvalue weighted by Crippen LogP contribution is 1.98. The number of aromatic nitrogens is 1. The SMILES string of the molecule is C/C(=C/Cl)CNCc1cccc(C)n1. The van der Waals surface area contributed by atoms with Crippen molar-refractivity contribution in [2.24, 2.45) is 0 Å². The normalized spacial score (nSPS) is 11.8. The summed E-state index contributed by atoms with van der Waals surface area (Å²) >= 11 is 5.54. The van der Waals surface area contributed by atoms with Crippen LogP contribution in [0.3, 0.4) is 0 Å². The Kier molecular flexibility index (Phi) is 4.63. The summed E-state index contributed by atoms with van der Waals surface area (Å²) in [7, 11) is 0. The fraction of sp³-hybridized carbons (Fsp3) is 0.364. The van der Waals surface area contributed by atoms with Crippen LogP contribution in [0.4, 0.5) is 0 Å². The van der Waals surface area contributed by atoms with Crippen molar-refractivity contribution in [3.05, 3.63) is 40.7 Å². The van der Waals surface area contributed by atoms with Gasteiger partial charge in [-0.25, -0.2) is 0 Å². The minimum absolute atomic E-state index is 0.781. The van der Waals surface area contributed by atoms with Crippen molar-refractivity contribution in [1.29, 1.82) is 0 Å². The maximum Gasteiger partial charge on any atom is 0.0544 e. The van der Waals surface area contributed by atoms with Crippen LogP contribution in [-0.4, -0.2) is 11.5 Å². The van der Waals surface area contributed by atoms with E-state index in [-0.39, 0.29) is 0 Å². The van der Waals surface area contributed by atoms with E-state index in [0.717, 1.165) is 30.1 Å². The Morgan fingerprint density at radius 3 is 3.00 bits per heavy atom. The van der Waals surface area contributed by atoms with Crippen LogP contribution in [-0.2, 0) is 6.54 Å². The zero-order chi connectivity index (χ0) is 10.4. The summed E-state index contributed by atoms with van der Waals surface area (Å²) < 4.78 is 0. The Hall–Kier alpha value is -0.860. The smallest absolute Gasteiger partial charge is 0.0544 e. The lowest BCUT2D eigenvalue weighted by Crippen LogP contribution is -2.16. The number of pyridine rings is 1. The molecule has 0 aliphatic carbocycles. The van der Waals surface area contributed by atoms with Crippen LogP contribution in [0.1, 0.15) is 18.3 Å². The number of rotatable bonds is 4. The molecular weight excluding hydrogens is 196 g/mol. The van der Waals surface area contributed by atoms with Crippen LogP contribution >= 0.6 is 11.6 Å². The number of hydrogen-bond donors (Lipinski definition) is 1. The molecule has 14 heavy (non-hydrogen) atoms. The quantitative estimate of drug-likeness (QED) is 0.827. The highest BCUT2D eigenvalue weighted by Gasteiger charge is 1.94. The maximum atomic E-state index is 5.54. The van der Waals surface area contributed by atoms with Gasteiger partial charge in [-0.15, -0.1) is 0 Å². The first-order valence-corrected chi connectivity index (χ1v) is 5.05. The van der Waals surface area contributed by atoms with E-state index in [1.165, 1.54) is 0 Å². The van der Waals surface area contributed by atoms with E-state index < -0.39 is 0 Å². The van der Waals surface area contributed by atoms with Gasteiger partial charge >= 0.3 is 0 Å². The van der Waals surface area contributed by atoms with Crippen LogP contribution in [0.5, 0.6) is 0 Å². The molecule has 0 unspecified atom stereocenters. The molecule has 1 rings (SSSR count). The van der Waals surface area contributed by atoms with Gasteiger partial charge in [0.25, 0.3) is 0 Å². The molecule has 0 bridgehead atoms. The van der Waals surface area contributed by atoms with Gasteiger partial charge in [0.2, 0.25) is 0 Å². The van der Waals surface area contributed by atoms with Gasteiger partial charge in [-0.05, 0) is 31.6 Å². The average Bonchev–Trinajstić information content (AvgIpc) is 2.17. The third-order valence-electron chi connectivity index (χ3n) is 1.84. The fourth-order valence-electron chi connectivity index (χ4n) is 1.12. The molecule has 0 aromatic carbocycles. The van der Waals surface area contributed by atoms with Crippen molar-refractivity contribution < 1.29 is 0 Å². The second-order valence-corrected chi connectivity index (χ2v) is 3.55. The Balaban J connectivity index is 2.39. The van der Waals surface area contributed by atoms with Crippen LogP contribution in [0.2, 0.25) is 0 Å². The lowest BCUT2D eigenvalue weighted by Gasteiger charge is -2.04. The molecule has 76 valence electrons. The topological polar surface area (TPSA) is 24.9 Å². The number of nitrogens with one attached hydrogen (secondary N) is 1. The molecule has 1 aromatic rings. The Morgan fingerprint density at radius 2 is 2.36 bits per heavy atom. The third kappa shape index (κ3) is 3.90. The van der Waals surface area contributed by atoms with Crippen molar-refractivity contribution >= 4 is 11.6 Å². The highest BCUT2D eigenvalue weighted by atomic mass is 35.5. The number of hydrogen-bond acceptors (Lipinski definition) is 2. The summed E-state index contributed by atoms with van der Waals surface area (Å²) in [5.74, 6) is 0. The Labute approximate surface area is 90.0 Å². The Bertz CT molecular complexity index is 321. The van der Waals surface area contributed by atoms with Crippen molar-refractivity contribution in [3.63, 3.8) is 0 Å². The first-order chi connectivity index (χ1) is 6.72. The molecule has 0 atom stereocenters. The predicted octanol–water partition coefficient (Wildman–Crippen LogP) is 2.62. The predicted molar refractivity (Wildman–Crippen MR) is 60.3 cm³/mol. The fourth-order valence-corrected chi connectivity index (χ4v) is 1.20.